The minimum Gasteiger partial charge on any atom is -0.359 e. The van der Waals surface area contributed by atoms with Gasteiger partial charge in [0, 0.05) is 11.7 Å². The maximum absolute atomic E-state index is 5.30. The fraction of sp³-hybridized carbons (Fsp3) is 0.462. The second-order valence-corrected chi connectivity index (χ2v) is 4.89. The lowest BCUT2D eigenvalue weighted by molar-refractivity contribution is 0.489. The van der Waals surface area contributed by atoms with Gasteiger partial charge in [-0.25, -0.2) is 0 Å². The zero-order chi connectivity index (χ0) is 11.4. The van der Waals surface area contributed by atoms with E-state index in [1.54, 1.807) is 0 Å². The molecule has 1 saturated carbocycles. The van der Waals surface area contributed by atoms with Crippen LogP contribution in [0.2, 0.25) is 0 Å². The molecular formula is C13H18N2S. The molecule has 0 spiro atoms. The number of thiocarbonyl (C=S) groups is 1. The van der Waals surface area contributed by atoms with Crippen LogP contribution in [0.1, 0.15) is 26.2 Å². The highest BCUT2D eigenvalue weighted by Crippen LogP contribution is 2.24. The van der Waals surface area contributed by atoms with Gasteiger partial charge in [-0.2, -0.15) is 0 Å². The molecule has 1 fully saturated rings. The van der Waals surface area contributed by atoms with Crippen LogP contribution in [0.4, 0.5) is 5.69 Å². The first kappa shape index (κ1) is 11.4. The standard InChI is InChI=1S/C13H18N2S/c1-10-6-5-9-12(10)15-13(16)14-11-7-3-2-4-8-11/h2-4,7-8,10,12H,5-6,9H2,1H3,(H2,14,15,16). The molecule has 2 rings (SSSR count). The molecule has 1 aromatic carbocycles. The van der Waals surface area contributed by atoms with Gasteiger partial charge in [0.05, 0.1) is 0 Å². The molecule has 16 heavy (non-hydrogen) atoms. The number of rotatable bonds is 2. The smallest absolute Gasteiger partial charge is 0.171 e. The van der Waals surface area contributed by atoms with Crippen molar-refractivity contribution in [3.8, 4) is 0 Å². The molecule has 0 aliphatic heterocycles. The molecule has 0 saturated heterocycles. The Bertz CT molecular complexity index is 350. The number of hydrogen-bond donors (Lipinski definition) is 2. The van der Waals surface area contributed by atoms with Gasteiger partial charge in [0.25, 0.3) is 0 Å². The summed E-state index contributed by atoms with van der Waals surface area (Å²) in [5, 5.41) is 7.35. The lowest BCUT2D eigenvalue weighted by Crippen LogP contribution is -2.39. The van der Waals surface area contributed by atoms with E-state index in [0.29, 0.717) is 6.04 Å². The van der Waals surface area contributed by atoms with E-state index in [1.807, 2.05) is 30.3 Å². The summed E-state index contributed by atoms with van der Waals surface area (Å²) < 4.78 is 0. The summed E-state index contributed by atoms with van der Waals surface area (Å²) in [5.41, 5.74) is 1.05. The van der Waals surface area contributed by atoms with Crippen molar-refractivity contribution in [3.05, 3.63) is 30.3 Å². The maximum Gasteiger partial charge on any atom is 0.171 e. The van der Waals surface area contributed by atoms with E-state index in [0.717, 1.165) is 16.7 Å². The summed E-state index contributed by atoms with van der Waals surface area (Å²) in [5.74, 6) is 0.732. The molecule has 1 aliphatic carbocycles. The molecule has 1 aliphatic rings. The second kappa shape index (κ2) is 5.30. The van der Waals surface area contributed by atoms with E-state index in [1.165, 1.54) is 19.3 Å². The summed E-state index contributed by atoms with van der Waals surface area (Å²) >= 11 is 5.30. The third-order valence-electron chi connectivity index (χ3n) is 3.21. The van der Waals surface area contributed by atoms with Gasteiger partial charge in [-0.3, -0.25) is 0 Å². The van der Waals surface area contributed by atoms with Crippen LogP contribution in [0.3, 0.4) is 0 Å². The number of para-hydroxylation sites is 1. The van der Waals surface area contributed by atoms with Gasteiger partial charge in [-0.1, -0.05) is 31.5 Å². The summed E-state index contributed by atoms with van der Waals surface area (Å²) in [6.45, 7) is 2.29. The predicted molar refractivity (Wildman–Crippen MR) is 72.6 cm³/mol. The van der Waals surface area contributed by atoms with Crippen molar-refractivity contribution < 1.29 is 0 Å². The molecule has 0 heterocycles. The highest BCUT2D eigenvalue weighted by atomic mass is 32.1. The second-order valence-electron chi connectivity index (χ2n) is 4.48. The highest BCUT2D eigenvalue weighted by Gasteiger charge is 2.23. The average Bonchev–Trinajstić information content (AvgIpc) is 2.66. The predicted octanol–water partition coefficient (Wildman–Crippen LogP) is 3.16. The number of benzene rings is 1. The molecule has 0 bridgehead atoms. The van der Waals surface area contributed by atoms with Crippen molar-refractivity contribution in [2.45, 2.75) is 32.2 Å². The molecule has 2 atom stereocenters. The van der Waals surface area contributed by atoms with Crippen LogP contribution in [-0.4, -0.2) is 11.2 Å². The van der Waals surface area contributed by atoms with Crippen LogP contribution >= 0.6 is 12.2 Å². The Hall–Kier alpha value is -1.09. The van der Waals surface area contributed by atoms with Crippen LogP contribution in [-0.2, 0) is 0 Å². The van der Waals surface area contributed by atoms with Gasteiger partial charge in [-0.15, -0.1) is 0 Å². The molecule has 86 valence electrons. The number of hydrogen-bond acceptors (Lipinski definition) is 1. The zero-order valence-corrected chi connectivity index (χ0v) is 10.4. The molecule has 1 aromatic rings. The fourth-order valence-electron chi connectivity index (χ4n) is 2.22. The third-order valence-corrected chi connectivity index (χ3v) is 3.43. The Morgan fingerprint density at radius 2 is 2.00 bits per heavy atom. The highest BCUT2D eigenvalue weighted by molar-refractivity contribution is 7.80. The molecule has 0 amide bonds. The Morgan fingerprint density at radius 3 is 2.62 bits per heavy atom. The largest absolute Gasteiger partial charge is 0.359 e. The Kier molecular flexibility index (Phi) is 3.78. The van der Waals surface area contributed by atoms with Crippen LogP contribution in [0.25, 0.3) is 0 Å². The minimum atomic E-state index is 0.545. The molecule has 3 heteroatoms. The molecule has 2 nitrogen and oxygen atoms in total. The van der Waals surface area contributed by atoms with Crippen LogP contribution in [0, 0.1) is 5.92 Å². The first-order chi connectivity index (χ1) is 7.75. The normalized spacial score (nSPS) is 24.1. The van der Waals surface area contributed by atoms with Gasteiger partial charge in [-0.05, 0) is 43.1 Å². The Morgan fingerprint density at radius 1 is 1.25 bits per heavy atom. The van der Waals surface area contributed by atoms with Gasteiger partial charge >= 0.3 is 0 Å². The van der Waals surface area contributed by atoms with Crippen molar-refractivity contribution in [1.82, 2.24) is 5.32 Å². The fourth-order valence-corrected chi connectivity index (χ4v) is 2.49. The van der Waals surface area contributed by atoms with Crippen LogP contribution < -0.4 is 10.6 Å². The monoisotopic (exact) mass is 234 g/mol. The van der Waals surface area contributed by atoms with Gasteiger partial charge < -0.3 is 10.6 Å². The lowest BCUT2D eigenvalue weighted by atomic mass is 10.1. The lowest BCUT2D eigenvalue weighted by Gasteiger charge is -2.19. The summed E-state index contributed by atoms with van der Waals surface area (Å²) in [6.07, 6.45) is 3.86. The topological polar surface area (TPSA) is 24.1 Å². The molecular weight excluding hydrogens is 216 g/mol. The Labute approximate surface area is 102 Å². The SMILES string of the molecule is CC1CCCC1NC(=S)Nc1ccccc1. The van der Waals surface area contributed by atoms with Crippen LogP contribution in [0.5, 0.6) is 0 Å². The summed E-state index contributed by atoms with van der Waals surface area (Å²) in [7, 11) is 0. The van der Waals surface area contributed by atoms with Crippen molar-refractivity contribution in [3.63, 3.8) is 0 Å². The first-order valence-electron chi connectivity index (χ1n) is 5.88. The molecule has 0 radical (unpaired) electrons. The molecule has 0 aromatic heterocycles. The average molecular weight is 234 g/mol. The number of anilines is 1. The van der Waals surface area contributed by atoms with Gasteiger partial charge in [0.15, 0.2) is 5.11 Å². The van der Waals surface area contributed by atoms with Crippen molar-refractivity contribution in [1.29, 1.82) is 0 Å². The quantitative estimate of drug-likeness (QED) is 0.769. The summed E-state index contributed by atoms with van der Waals surface area (Å²) in [6, 6.07) is 10.6. The Balaban J connectivity index is 1.85. The summed E-state index contributed by atoms with van der Waals surface area (Å²) in [4.78, 5) is 0. The maximum atomic E-state index is 5.30. The zero-order valence-electron chi connectivity index (χ0n) is 9.57. The minimum absolute atomic E-state index is 0.545. The van der Waals surface area contributed by atoms with Crippen molar-refractivity contribution >= 4 is 23.0 Å². The first-order valence-corrected chi connectivity index (χ1v) is 6.29. The third kappa shape index (κ3) is 2.95. The van der Waals surface area contributed by atoms with E-state index < -0.39 is 0 Å². The van der Waals surface area contributed by atoms with Crippen molar-refractivity contribution in [2.24, 2.45) is 5.92 Å². The van der Waals surface area contributed by atoms with E-state index in [2.05, 4.69) is 17.6 Å². The van der Waals surface area contributed by atoms with Gasteiger partial charge in [0.2, 0.25) is 0 Å². The van der Waals surface area contributed by atoms with Crippen molar-refractivity contribution in [2.75, 3.05) is 5.32 Å². The van der Waals surface area contributed by atoms with E-state index in [9.17, 15) is 0 Å². The van der Waals surface area contributed by atoms with E-state index in [-0.39, 0.29) is 0 Å². The number of nitrogens with one attached hydrogen (secondary N) is 2. The van der Waals surface area contributed by atoms with E-state index in [4.69, 9.17) is 12.2 Å². The van der Waals surface area contributed by atoms with Crippen LogP contribution in [0.15, 0.2) is 30.3 Å². The molecule has 2 N–H and O–H groups in total. The van der Waals surface area contributed by atoms with Gasteiger partial charge in [0.1, 0.15) is 0 Å². The molecule has 2 unspecified atom stereocenters. The van der Waals surface area contributed by atoms with E-state index >= 15 is 0 Å².